The van der Waals surface area contributed by atoms with Crippen LogP contribution in [0.4, 0.5) is 5.82 Å². The smallest absolute Gasteiger partial charge is 0.330 e. The molecule has 0 bridgehead atoms. The molecule has 1 N–H and O–H groups in total. The largest absolute Gasteiger partial charge is 0.479 e. The van der Waals surface area contributed by atoms with E-state index >= 15 is 0 Å². The van der Waals surface area contributed by atoms with Gasteiger partial charge in [-0.15, -0.1) is 0 Å². The van der Waals surface area contributed by atoms with E-state index in [0.29, 0.717) is 46.2 Å². The number of likely N-dealkylation sites (N-methyl/N-ethyl adjacent to an activating group) is 1. The fraction of sp³-hybridized carbons (Fsp3) is 0.429. The predicted molar refractivity (Wildman–Crippen MR) is 115 cm³/mol. The molecule has 1 saturated carbocycles. The van der Waals surface area contributed by atoms with Gasteiger partial charge in [0.05, 0.1) is 5.02 Å². The Balaban J connectivity index is 1.78. The molecular weight excluding hydrogens is 404 g/mol. The number of imidazole rings is 1. The standard InChI is InChI=1S/C21H23ClN6O2/c1-13-23-18(27-11-9-26(2)10-12-27)16-19(24-13)28(21(7-8-21)20(29)30)17(25-16)14-5-3-4-6-15(14)22/h3-6H,7-12H2,1-2H3,(H,29,30). The lowest BCUT2D eigenvalue weighted by Crippen LogP contribution is -2.45. The van der Waals surface area contributed by atoms with Crippen LogP contribution in [0.15, 0.2) is 24.3 Å². The topological polar surface area (TPSA) is 87.4 Å². The van der Waals surface area contributed by atoms with Gasteiger partial charge in [0, 0.05) is 31.7 Å². The van der Waals surface area contributed by atoms with Crippen molar-refractivity contribution in [3.8, 4) is 11.4 Å². The average Bonchev–Trinajstić information content (AvgIpc) is 3.44. The SMILES string of the molecule is Cc1nc(N2CCN(C)CC2)c2nc(-c3ccccc3Cl)n(C3(C(=O)O)CC3)c2n1. The number of carboxylic acid groups (broad SMARTS) is 1. The number of carboxylic acids is 1. The van der Waals surface area contributed by atoms with Crippen LogP contribution in [-0.2, 0) is 10.3 Å². The molecule has 1 saturated heterocycles. The zero-order valence-corrected chi connectivity index (χ0v) is 17.7. The number of piperazine rings is 1. The summed E-state index contributed by atoms with van der Waals surface area (Å²) in [6.07, 6.45) is 1.08. The molecule has 3 heterocycles. The number of aryl methyl sites for hydroxylation is 1. The number of nitrogens with zero attached hydrogens (tertiary/aromatic N) is 6. The van der Waals surface area contributed by atoms with E-state index in [-0.39, 0.29) is 0 Å². The zero-order chi connectivity index (χ0) is 21.0. The van der Waals surface area contributed by atoms with Crippen LogP contribution < -0.4 is 4.90 Å². The van der Waals surface area contributed by atoms with Gasteiger partial charge in [0.15, 0.2) is 17.0 Å². The van der Waals surface area contributed by atoms with Crippen LogP contribution in [0, 0.1) is 6.92 Å². The van der Waals surface area contributed by atoms with E-state index in [1.807, 2.05) is 25.1 Å². The van der Waals surface area contributed by atoms with Gasteiger partial charge in [-0.25, -0.2) is 19.7 Å². The minimum Gasteiger partial charge on any atom is -0.479 e. The average molecular weight is 427 g/mol. The molecule has 2 fully saturated rings. The number of hydrogen-bond donors (Lipinski definition) is 1. The molecule has 1 aromatic carbocycles. The number of anilines is 1. The van der Waals surface area contributed by atoms with Crippen molar-refractivity contribution in [3.05, 3.63) is 35.1 Å². The second-order valence-corrected chi connectivity index (χ2v) is 8.55. The van der Waals surface area contributed by atoms with Crippen molar-refractivity contribution < 1.29 is 9.90 Å². The Bertz CT molecular complexity index is 1150. The zero-order valence-electron chi connectivity index (χ0n) is 17.0. The lowest BCUT2D eigenvalue weighted by atomic mass is 10.2. The van der Waals surface area contributed by atoms with E-state index in [9.17, 15) is 9.90 Å². The van der Waals surface area contributed by atoms with Gasteiger partial charge in [0.1, 0.15) is 17.2 Å². The summed E-state index contributed by atoms with van der Waals surface area (Å²) in [5.74, 6) is 1.03. The van der Waals surface area contributed by atoms with Crippen LogP contribution in [0.2, 0.25) is 5.02 Å². The maximum atomic E-state index is 12.3. The summed E-state index contributed by atoms with van der Waals surface area (Å²) in [6.45, 7) is 5.37. The van der Waals surface area contributed by atoms with Crippen LogP contribution >= 0.6 is 11.6 Å². The van der Waals surface area contributed by atoms with Crippen molar-refractivity contribution in [1.82, 2.24) is 24.4 Å². The summed E-state index contributed by atoms with van der Waals surface area (Å²) in [5.41, 5.74) is 0.856. The van der Waals surface area contributed by atoms with Crippen LogP contribution in [0.5, 0.6) is 0 Å². The van der Waals surface area contributed by atoms with Gasteiger partial charge in [-0.05, 0) is 38.9 Å². The van der Waals surface area contributed by atoms with Crippen LogP contribution in [-0.4, -0.2) is 68.7 Å². The first-order valence-electron chi connectivity index (χ1n) is 10.1. The molecule has 30 heavy (non-hydrogen) atoms. The molecule has 0 amide bonds. The quantitative estimate of drug-likeness (QED) is 0.686. The Morgan fingerprint density at radius 2 is 1.80 bits per heavy atom. The molecule has 9 heteroatoms. The second-order valence-electron chi connectivity index (χ2n) is 8.14. The van der Waals surface area contributed by atoms with Gasteiger partial charge in [-0.3, -0.25) is 4.57 Å². The molecule has 1 aliphatic heterocycles. The summed E-state index contributed by atoms with van der Waals surface area (Å²) in [4.78, 5) is 31.0. The normalized spacial score (nSPS) is 18.7. The van der Waals surface area contributed by atoms with Gasteiger partial charge < -0.3 is 14.9 Å². The van der Waals surface area contributed by atoms with Crippen molar-refractivity contribution in [2.24, 2.45) is 0 Å². The molecule has 8 nitrogen and oxygen atoms in total. The number of carbonyl (C=O) groups is 1. The molecule has 2 aliphatic rings. The summed E-state index contributed by atoms with van der Waals surface area (Å²) in [6, 6.07) is 7.39. The maximum Gasteiger partial charge on any atom is 0.330 e. The predicted octanol–water partition coefficient (Wildman–Crippen LogP) is 2.78. The molecule has 0 spiro atoms. The molecule has 2 aromatic heterocycles. The van der Waals surface area contributed by atoms with Crippen molar-refractivity contribution in [1.29, 1.82) is 0 Å². The highest BCUT2D eigenvalue weighted by molar-refractivity contribution is 6.33. The van der Waals surface area contributed by atoms with Crippen molar-refractivity contribution in [3.63, 3.8) is 0 Å². The third-order valence-electron chi connectivity index (χ3n) is 6.07. The van der Waals surface area contributed by atoms with E-state index in [1.54, 1.807) is 10.6 Å². The van der Waals surface area contributed by atoms with Gasteiger partial charge in [-0.2, -0.15) is 0 Å². The highest BCUT2D eigenvalue weighted by atomic mass is 35.5. The van der Waals surface area contributed by atoms with Crippen molar-refractivity contribution >= 4 is 34.6 Å². The van der Waals surface area contributed by atoms with E-state index in [4.69, 9.17) is 21.6 Å². The fourth-order valence-electron chi connectivity index (χ4n) is 4.17. The van der Waals surface area contributed by atoms with Gasteiger partial charge in [0.2, 0.25) is 0 Å². The van der Waals surface area contributed by atoms with Crippen LogP contribution in [0.3, 0.4) is 0 Å². The maximum absolute atomic E-state index is 12.3. The Labute approximate surface area is 179 Å². The highest BCUT2D eigenvalue weighted by Crippen LogP contribution is 2.49. The van der Waals surface area contributed by atoms with E-state index in [1.165, 1.54) is 0 Å². The fourth-order valence-corrected chi connectivity index (χ4v) is 4.39. The molecule has 1 aliphatic carbocycles. The third kappa shape index (κ3) is 2.94. The van der Waals surface area contributed by atoms with E-state index in [0.717, 1.165) is 32.0 Å². The minimum absolute atomic E-state index is 0.529. The monoisotopic (exact) mass is 426 g/mol. The number of aliphatic carboxylic acids is 1. The number of halogens is 1. The Kier molecular flexibility index (Phi) is 4.44. The van der Waals surface area contributed by atoms with Crippen molar-refractivity contribution in [2.45, 2.75) is 25.3 Å². The van der Waals surface area contributed by atoms with Gasteiger partial charge in [0.25, 0.3) is 0 Å². The number of hydrogen-bond acceptors (Lipinski definition) is 6. The van der Waals surface area contributed by atoms with Crippen LogP contribution in [0.1, 0.15) is 18.7 Å². The molecule has 0 atom stereocenters. The lowest BCUT2D eigenvalue weighted by Gasteiger charge is -2.33. The molecule has 3 aromatic rings. The lowest BCUT2D eigenvalue weighted by molar-refractivity contribution is -0.142. The number of fused-ring (bicyclic) bond motifs is 1. The number of aromatic nitrogens is 4. The van der Waals surface area contributed by atoms with E-state index < -0.39 is 11.5 Å². The summed E-state index contributed by atoms with van der Waals surface area (Å²) in [5, 5.41) is 10.6. The van der Waals surface area contributed by atoms with Gasteiger partial charge in [-0.1, -0.05) is 23.7 Å². The Morgan fingerprint density at radius 1 is 1.10 bits per heavy atom. The first kappa shape index (κ1) is 19.3. The highest BCUT2D eigenvalue weighted by Gasteiger charge is 2.54. The third-order valence-corrected chi connectivity index (χ3v) is 6.40. The summed E-state index contributed by atoms with van der Waals surface area (Å²) < 4.78 is 1.78. The van der Waals surface area contributed by atoms with E-state index in [2.05, 4.69) is 21.8 Å². The first-order valence-corrected chi connectivity index (χ1v) is 10.5. The number of benzene rings is 1. The molecule has 156 valence electrons. The molecule has 0 radical (unpaired) electrons. The first-order chi connectivity index (χ1) is 14.4. The molecule has 0 unspecified atom stereocenters. The Morgan fingerprint density at radius 3 is 2.43 bits per heavy atom. The molecule has 5 rings (SSSR count). The summed E-state index contributed by atoms with van der Waals surface area (Å²) >= 11 is 6.49. The second kappa shape index (κ2) is 6.92. The Hall–Kier alpha value is -2.71. The van der Waals surface area contributed by atoms with Gasteiger partial charge >= 0.3 is 5.97 Å². The minimum atomic E-state index is -1.04. The van der Waals surface area contributed by atoms with Crippen LogP contribution in [0.25, 0.3) is 22.6 Å². The molecular formula is C21H23ClN6O2. The number of rotatable bonds is 4. The summed E-state index contributed by atoms with van der Waals surface area (Å²) in [7, 11) is 2.10. The van der Waals surface area contributed by atoms with Crippen molar-refractivity contribution in [2.75, 3.05) is 38.1 Å².